The van der Waals surface area contributed by atoms with Crippen molar-refractivity contribution in [3.8, 4) is 17.2 Å². The summed E-state index contributed by atoms with van der Waals surface area (Å²) in [5.41, 5.74) is 3.17. The van der Waals surface area contributed by atoms with E-state index in [2.05, 4.69) is 10.5 Å². The highest BCUT2D eigenvalue weighted by molar-refractivity contribution is 6.30. The van der Waals surface area contributed by atoms with Gasteiger partial charge in [0.05, 0.1) is 11.1 Å². The highest BCUT2D eigenvalue weighted by Crippen LogP contribution is 2.33. The van der Waals surface area contributed by atoms with Crippen LogP contribution in [0.2, 0.25) is 5.02 Å². The van der Waals surface area contributed by atoms with Crippen molar-refractivity contribution in [2.75, 3.05) is 0 Å². The maximum absolute atomic E-state index is 11.9. The zero-order valence-corrected chi connectivity index (χ0v) is 15.5. The number of hydrogen-bond donors (Lipinski definition) is 2. The third kappa shape index (κ3) is 5.30. The van der Waals surface area contributed by atoms with Crippen molar-refractivity contribution >= 4 is 29.4 Å². The molecule has 3 rings (SSSR count). The summed E-state index contributed by atoms with van der Waals surface area (Å²) in [6.07, 6.45) is 1.44. The van der Waals surface area contributed by atoms with Gasteiger partial charge in [0.1, 0.15) is 11.5 Å². The van der Waals surface area contributed by atoms with Crippen molar-refractivity contribution in [3.63, 3.8) is 0 Å². The lowest BCUT2D eigenvalue weighted by atomic mass is 10.2. The molecule has 0 aliphatic rings. The first-order chi connectivity index (χ1) is 13.9. The van der Waals surface area contributed by atoms with Gasteiger partial charge < -0.3 is 9.84 Å². The number of ether oxygens (including phenoxy) is 1. The molecule has 0 aliphatic heterocycles. The van der Waals surface area contributed by atoms with Crippen LogP contribution in [0.25, 0.3) is 0 Å². The first-order valence-corrected chi connectivity index (χ1v) is 8.64. The van der Waals surface area contributed by atoms with Gasteiger partial charge in [0.2, 0.25) is 5.75 Å². The van der Waals surface area contributed by atoms with Crippen molar-refractivity contribution in [1.29, 1.82) is 0 Å². The molecule has 0 saturated heterocycles. The molecule has 0 heterocycles. The van der Waals surface area contributed by atoms with Gasteiger partial charge in [-0.1, -0.05) is 11.6 Å². The van der Waals surface area contributed by atoms with E-state index in [9.17, 15) is 20.0 Å². The number of benzene rings is 3. The quantitative estimate of drug-likeness (QED) is 0.352. The molecule has 0 aliphatic carbocycles. The van der Waals surface area contributed by atoms with E-state index in [1.807, 2.05) is 0 Å². The average molecular weight is 412 g/mol. The number of amides is 1. The van der Waals surface area contributed by atoms with E-state index < -0.39 is 10.8 Å². The first kappa shape index (κ1) is 19.8. The van der Waals surface area contributed by atoms with Gasteiger partial charge in [-0.25, -0.2) is 5.43 Å². The Morgan fingerprint density at radius 1 is 1.10 bits per heavy atom. The maximum Gasteiger partial charge on any atom is 0.313 e. The van der Waals surface area contributed by atoms with Crippen LogP contribution in [0.4, 0.5) is 5.69 Å². The molecule has 29 heavy (non-hydrogen) atoms. The highest BCUT2D eigenvalue weighted by atomic mass is 35.5. The number of phenolic OH excluding ortho intramolecular Hbond substituents is 1. The number of carbonyl (C=O) groups is 1. The molecule has 3 aromatic carbocycles. The summed E-state index contributed by atoms with van der Waals surface area (Å²) in [5, 5.41) is 24.4. The number of hydrazone groups is 1. The number of nitrogens with zero attached hydrogens (tertiary/aromatic N) is 2. The molecule has 8 nitrogen and oxygen atoms in total. The molecule has 0 spiro atoms. The molecule has 1 amide bonds. The third-order valence-electron chi connectivity index (χ3n) is 3.73. The van der Waals surface area contributed by atoms with Crippen LogP contribution >= 0.6 is 11.6 Å². The van der Waals surface area contributed by atoms with E-state index in [4.69, 9.17) is 16.3 Å². The van der Waals surface area contributed by atoms with Gasteiger partial charge in [-0.15, -0.1) is 0 Å². The number of nitro groups is 1. The van der Waals surface area contributed by atoms with Crippen molar-refractivity contribution in [1.82, 2.24) is 5.43 Å². The van der Waals surface area contributed by atoms with Crippen molar-refractivity contribution in [3.05, 3.63) is 93.0 Å². The minimum Gasteiger partial charge on any atom is -0.508 e. The molecule has 0 fully saturated rings. The van der Waals surface area contributed by atoms with E-state index >= 15 is 0 Å². The predicted molar refractivity (Wildman–Crippen MR) is 108 cm³/mol. The second-order valence-electron chi connectivity index (χ2n) is 5.79. The number of halogens is 1. The normalized spacial score (nSPS) is 10.7. The summed E-state index contributed by atoms with van der Waals surface area (Å²) in [6, 6.07) is 16.5. The van der Waals surface area contributed by atoms with Gasteiger partial charge in [-0.2, -0.15) is 5.10 Å². The molecule has 0 radical (unpaired) electrons. The summed E-state index contributed by atoms with van der Waals surface area (Å²) >= 11 is 5.79. The number of carbonyl (C=O) groups excluding carboxylic acids is 1. The molecule has 3 aromatic rings. The maximum atomic E-state index is 11.9. The van der Waals surface area contributed by atoms with Crippen LogP contribution in [0.5, 0.6) is 17.2 Å². The topological polar surface area (TPSA) is 114 Å². The van der Waals surface area contributed by atoms with Crippen LogP contribution in [0.3, 0.4) is 0 Å². The standard InChI is InChI=1S/C20H14ClN3O5/c21-15-5-10-19(18(11-15)24(27)28)29-17-8-1-13(2-9-17)12-22-23-20(26)14-3-6-16(25)7-4-14/h1-12,25H,(H,23,26)/b22-12-. The van der Waals surface area contributed by atoms with E-state index in [0.717, 1.165) is 0 Å². The van der Waals surface area contributed by atoms with Crippen molar-refractivity contribution in [2.24, 2.45) is 5.10 Å². The van der Waals surface area contributed by atoms with Gasteiger partial charge in [0.25, 0.3) is 5.91 Å². The Kier molecular flexibility index (Phi) is 6.06. The first-order valence-electron chi connectivity index (χ1n) is 8.26. The van der Waals surface area contributed by atoms with Gasteiger partial charge in [0.15, 0.2) is 0 Å². The third-order valence-corrected chi connectivity index (χ3v) is 3.97. The van der Waals surface area contributed by atoms with E-state index in [-0.39, 0.29) is 22.2 Å². The number of nitro benzene ring substituents is 1. The lowest BCUT2D eigenvalue weighted by molar-refractivity contribution is -0.385. The fourth-order valence-corrected chi connectivity index (χ4v) is 2.48. The predicted octanol–water partition coefficient (Wildman–Crippen LogP) is 4.51. The second-order valence-corrected chi connectivity index (χ2v) is 6.22. The largest absolute Gasteiger partial charge is 0.508 e. The Balaban J connectivity index is 1.63. The smallest absolute Gasteiger partial charge is 0.313 e. The van der Waals surface area contributed by atoms with Crippen LogP contribution in [0.15, 0.2) is 71.8 Å². The van der Waals surface area contributed by atoms with Crippen molar-refractivity contribution in [2.45, 2.75) is 0 Å². The van der Waals surface area contributed by atoms with Crippen LogP contribution in [-0.2, 0) is 0 Å². The SMILES string of the molecule is O=C(N/N=C\c1ccc(Oc2ccc(Cl)cc2[N+](=O)[O-])cc1)c1ccc(O)cc1. The minimum atomic E-state index is -0.570. The number of nitrogens with one attached hydrogen (secondary N) is 1. The minimum absolute atomic E-state index is 0.0660. The Morgan fingerprint density at radius 3 is 2.45 bits per heavy atom. The van der Waals surface area contributed by atoms with Gasteiger partial charge in [-0.3, -0.25) is 14.9 Å². The lowest BCUT2D eigenvalue weighted by Crippen LogP contribution is -2.17. The molecular weight excluding hydrogens is 398 g/mol. The lowest BCUT2D eigenvalue weighted by Gasteiger charge is -2.06. The van der Waals surface area contributed by atoms with E-state index in [0.29, 0.717) is 16.9 Å². The summed E-state index contributed by atoms with van der Waals surface area (Å²) in [4.78, 5) is 22.5. The molecule has 0 unspecified atom stereocenters. The van der Waals surface area contributed by atoms with Crippen LogP contribution in [-0.4, -0.2) is 22.2 Å². The van der Waals surface area contributed by atoms with E-state index in [1.54, 1.807) is 24.3 Å². The summed E-state index contributed by atoms with van der Waals surface area (Å²) in [5.74, 6) is 0.107. The number of aromatic hydroxyl groups is 1. The Hall–Kier alpha value is -3.91. The summed E-state index contributed by atoms with van der Waals surface area (Å²) in [6.45, 7) is 0. The number of phenols is 1. The monoisotopic (exact) mass is 411 g/mol. The summed E-state index contributed by atoms with van der Waals surface area (Å²) in [7, 11) is 0. The van der Waals surface area contributed by atoms with Gasteiger partial charge in [-0.05, 0) is 66.2 Å². The molecule has 0 atom stereocenters. The zero-order chi connectivity index (χ0) is 20.8. The Bertz CT molecular complexity index is 1070. The Labute approximate surface area is 170 Å². The van der Waals surface area contributed by atoms with Crippen molar-refractivity contribution < 1.29 is 19.6 Å². The van der Waals surface area contributed by atoms with Gasteiger partial charge >= 0.3 is 5.69 Å². The van der Waals surface area contributed by atoms with Crippen LogP contribution in [0, 0.1) is 10.1 Å². The van der Waals surface area contributed by atoms with E-state index in [1.165, 1.54) is 48.7 Å². The molecule has 0 saturated carbocycles. The molecule has 9 heteroatoms. The molecule has 0 aromatic heterocycles. The van der Waals surface area contributed by atoms with Crippen LogP contribution in [0.1, 0.15) is 15.9 Å². The Morgan fingerprint density at radius 2 is 1.79 bits per heavy atom. The summed E-state index contributed by atoms with van der Waals surface area (Å²) < 4.78 is 5.56. The molecule has 2 N–H and O–H groups in total. The highest BCUT2D eigenvalue weighted by Gasteiger charge is 2.16. The zero-order valence-electron chi connectivity index (χ0n) is 14.8. The van der Waals surface area contributed by atoms with Gasteiger partial charge in [0, 0.05) is 16.7 Å². The number of hydrogen-bond acceptors (Lipinski definition) is 6. The molecule has 146 valence electrons. The average Bonchev–Trinajstić information content (AvgIpc) is 2.71. The second kappa shape index (κ2) is 8.85. The molecular formula is C20H14ClN3O5. The molecule has 0 bridgehead atoms. The fourth-order valence-electron chi connectivity index (χ4n) is 2.31. The fraction of sp³-hybridized carbons (Fsp3) is 0. The number of rotatable bonds is 6. The van der Waals surface area contributed by atoms with Crippen LogP contribution < -0.4 is 10.2 Å².